The number of anilines is 1. The second-order valence-electron chi connectivity index (χ2n) is 4.67. The van der Waals surface area contributed by atoms with E-state index in [0.717, 1.165) is 25.7 Å². The second kappa shape index (κ2) is 5.71. The minimum absolute atomic E-state index is 0.153. The lowest BCUT2D eigenvalue weighted by atomic mass is 9.92. The standard InChI is InChI=1S/C13H17BrN2O2/c14-10-6-5-8(15)7-9(10)13(18)16-11-3-1-2-4-12(11)17/h5-7,11-12,17H,1-4,15H2,(H,16,18)/t11-,12-/m1/s1. The van der Waals surface area contributed by atoms with Gasteiger partial charge in [0.05, 0.1) is 17.7 Å². The van der Waals surface area contributed by atoms with Gasteiger partial charge in [0, 0.05) is 10.2 Å². The molecule has 98 valence electrons. The second-order valence-corrected chi connectivity index (χ2v) is 5.53. The van der Waals surface area contributed by atoms with Crippen LogP contribution in [0.25, 0.3) is 0 Å². The summed E-state index contributed by atoms with van der Waals surface area (Å²) in [7, 11) is 0. The zero-order chi connectivity index (χ0) is 13.1. The molecule has 5 heteroatoms. The van der Waals surface area contributed by atoms with Crippen molar-refractivity contribution in [2.75, 3.05) is 5.73 Å². The Bertz CT molecular complexity index is 451. The van der Waals surface area contributed by atoms with Crippen LogP contribution in [-0.2, 0) is 0 Å². The SMILES string of the molecule is Nc1ccc(Br)c(C(=O)N[C@@H]2CCCC[C@H]2O)c1. The number of halogens is 1. The maximum atomic E-state index is 12.1. The van der Waals surface area contributed by atoms with Crippen molar-refractivity contribution in [3.63, 3.8) is 0 Å². The first-order valence-corrected chi connectivity index (χ1v) is 6.91. The maximum Gasteiger partial charge on any atom is 0.252 e. The Balaban J connectivity index is 2.09. The smallest absolute Gasteiger partial charge is 0.252 e. The van der Waals surface area contributed by atoms with E-state index in [1.807, 2.05) is 0 Å². The van der Waals surface area contributed by atoms with Crippen LogP contribution in [0.2, 0.25) is 0 Å². The molecule has 1 fully saturated rings. The number of hydrogen-bond acceptors (Lipinski definition) is 3. The maximum absolute atomic E-state index is 12.1. The number of aliphatic hydroxyl groups excluding tert-OH is 1. The molecule has 0 unspecified atom stereocenters. The highest BCUT2D eigenvalue weighted by Crippen LogP contribution is 2.22. The fourth-order valence-electron chi connectivity index (χ4n) is 2.24. The monoisotopic (exact) mass is 312 g/mol. The Hall–Kier alpha value is -1.07. The third-order valence-electron chi connectivity index (χ3n) is 3.28. The summed E-state index contributed by atoms with van der Waals surface area (Å²) in [6.45, 7) is 0. The summed E-state index contributed by atoms with van der Waals surface area (Å²) in [6.07, 6.45) is 3.20. The molecule has 0 aliphatic heterocycles. The van der Waals surface area contributed by atoms with Crippen LogP contribution in [0.1, 0.15) is 36.0 Å². The van der Waals surface area contributed by atoms with Crippen molar-refractivity contribution in [1.29, 1.82) is 0 Å². The molecule has 18 heavy (non-hydrogen) atoms. The van der Waals surface area contributed by atoms with E-state index >= 15 is 0 Å². The van der Waals surface area contributed by atoms with Crippen molar-refractivity contribution < 1.29 is 9.90 Å². The molecule has 1 aliphatic rings. The van der Waals surface area contributed by atoms with E-state index in [-0.39, 0.29) is 11.9 Å². The van der Waals surface area contributed by atoms with Crippen LogP contribution < -0.4 is 11.1 Å². The summed E-state index contributed by atoms with van der Waals surface area (Å²) < 4.78 is 0.708. The predicted molar refractivity (Wildman–Crippen MR) is 74.3 cm³/mol. The normalized spacial score (nSPS) is 23.7. The molecule has 4 nitrogen and oxygen atoms in total. The zero-order valence-electron chi connectivity index (χ0n) is 10.0. The molecule has 0 heterocycles. The van der Waals surface area contributed by atoms with E-state index in [2.05, 4.69) is 21.2 Å². The number of nitrogen functional groups attached to an aromatic ring is 1. The van der Waals surface area contributed by atoms with Crippen LogP contribution in [0.4, 0.5) is 5.69 Å². The number of rotatable bonds is 2. The Morgan fingerprint density at radius 2 is 2.11 bits per heavy atom. The number of nitrogens with one attached hydrogen (secondary N) is 1. The van der Waals surface area contributed by atoms with Crippen molar-refractivity contribution in [3.8, 4) is 0 Å². The fourth-order valence-corrected chi connectivity index (χ4v) is 2.67. The van der Waals surface area contributed by atoms with Gasteiger partial charge in [-0.3, -0.25) is 4.79 Å². The van der Waals surface area contributed by atoms with E-state index in [9.17, 15) is 9.90 Å². The van der Waals surface area contributed by atoms with Gasteiger partial charge in [-0.15, -0.1) is 0 Å². The van der Waals surface area contributed by atoms with Gasteiger partial charge in [0.25, 0.3) is 5.91 Å². The predicted octanol–water partition coefficient (Wildman–Crippen LogP) is 2.06. The fraction of sp³-hybridized carbons (Fsp3) is 0.462. The van der Waals surface area contributed by atoms with Crippen LogP contribution in [0, 0.1) is 0 Å². The Morgan fingerprint density at radius 1 is 1.39 bits per heavy atom. The molecule has 1 aromatic carbocycles. The molecule has 2 rings (SSSR count). The van der Waals surface area contributed by atoms with Gasteiger partial charge in [-0.25, -0.2) is 0 Å². The first kappa shape index (κ1) is 13.4. The summed E-state index contributed by atoms with van der Waals surface area (Å²) in [5, 5.41) is 12.7. The van der Waals surface area contributed by atoms with Gasteiger partial charge in [-0.1, -0.05) is 12.8 Å². The van der Waals surface area contributed by atoms with Gasteiger partial charge < -0.3 is 16.2 Å². The molecule has 1 amide bonds. The first-order valence-electron chi connectivity index (χ1n) is 6.12. The van der Waals surface area contributed by atoms with Crippen LogP contribution in [-0.4, -0.2) is 23.2 Å². The zero-order valence-corrected chi connectivity index (χ0v) is 11.6. The third kappa shape index (κ3) is 3.03. The molecule has 0 spiro atoms. The highest BCUT2D eigenvalue weighted by Gasteiger charge is 2.25. The summed E-state index contributed by atoms with van der Waals surface area (Å²) in [5.74, 6) is -0.194. The number of carbonyl (C=O) groups excluding carboxylic acids is 1. The van der Waals surface area contributed by atoms with E-state index in [0.29, 0.717) is 15.7 Å². The molecule has 0 aromatic heterocycles. The molecule has 1 saturated carbocycles. The van der Waals surface area contributed by atoms with Crippen molar-refractivity contribution in [2.45, 2.75) is 37.8 Å². The van der Waals surface area contributed by atoms with Gasteiger partial charge in [-0.2, -0.15) is 0 Å². The van der Waals surface area contributed by atoms with Crippen molar-refractivity contribution in [3.05, 3.63) is 28.2 Å². The highest BCUT2D eigenvalue weighted by molar-refractivity contribution is 9.10. The van der Waals surface area contributed by atoms with Crippen molar-refractivity contribution >= 4 is 27.5 Å². The number of amides is 1. The molecular formula is C13H17BrN2O2. The summed E-state index contributed by atoms with van der Waals surface area (Å²) in [6, 6.07) is 4.96. The molecule has 4 N–H and O–H groups in total. The lowest BCUT2D eigenvalue weighted by Crippen LogP contribution is -2.45. The van der Waals surface area contributed by atoms with Gasteiger partial charge >= 0.3 is 0 Å². The minimum atomic E-state index is -0.442. The molecular weight excluding hydrogens is 296 g/mol. The molecule has 0 saturated heterocycles. The molecule has 0 radical (unpaired) electrons. The van der Waals surface area contributed by atoms with Crippen LogP contribution >= 0.6 is 15.9 Å². The van der Waals surface area contributed by atoms with Gasteiger partial charge in [0.1, 0.15) is 0 Å². The topological polar surface area (TPSA) is 75.4 Å². The average molecular weight is 313 g/mol. The number of hydrogen-bond donors (Lipinski definition) is 3. The Labute approximate surface area is 115 Å². The number of benzene rings is 1. The van der Waals surface area contributed by atoms with E-state index in [1.54, 1.807) is 18.2 Å². The third-order valence-corrected chi connectivity index (χ3v) is 3.97. The van der Waals surface area contributed by atoms with Crippen LogP contribution in [0.5, 0.6) is 0 Å². The molecule has 1 aliphatic carbocycles. The van der Waals surface area contributed by atoms with E-state index in [4.69, 9.17) is 5.73 Å². The minimum Gasteiger partial charge on any atom is -0.399 e. The Morgan fingerprint density at radius 3 is 2.83 bits per heavy atom. The van der Waals surface area contributed by atoms with Gasteiger partial charge in [0.15, 0.2) is 0 Å². The lowest BCUT2D eigenvalue weighted by Gasteiger charge is -2.28. The number of carbonyl (C=O) groups is 1. The molecule has 2 atom stereocenters. The number of nitrogens with two attached hydrogens (primary N) is 1. The quantitative estimate of drug-likeness (QED) is 0.732. The summed E-state index contributed by atoms with van der Waals surface area (Å²) >= 11 is 3.33. The summed E-state index contributed by atoms with van der Waals surface area (Å²) in [4.78, 5) is 12.1. The van der Waals surface area contributed by atoms with Gasteiger partial charge in [0.2, 0.25) is 0 Å². The lowest BCUT2D eigenvalue weighted by molar-refractivity contribution is 0.0717. The summed E-state index contributed by atoms with van der Waals surface area (Å²) in [5.41, 5.74) is 6.73. The van der Waals surface area contributed by atoms with Gasteiger partial charge in [-0.05, 0) is 47.0 Å². The highest BCUT2D eigenvalue weighted by atomic mass is 79.9. The number of aliphatic hydroxyl groups is 1. The van der Waals surface area contributed by atoms with Crippen LogP contribution in [0.3, 0.4) is 0 Å². The van der Waals surface area contributed by atoms with E-state index < -0.39 is 6.10 Å². The largest absolute Gasteiger partial charge is 0.399 e. The van der Waals surface area contributed by atoms with E-state index in [1.165, 1.54) is 0 Å². The van der Waals surface area contributed by atoms with Crippen LogP contribution in [0.15, 0.2) is 22.7 Å². The Kier molecular flexibility index (Phi) is 4.24. The first-order chi connectivity index (χ1) is 8.58. The average Bonchev–Trinajstić information content (AvgIpc) is 2.35. The molecule has 0 bridgehead atoms. The van der Waals surface area contributed by atoms with Crippen molar-refractivity contribution in [1.82, 2.24) is 5.32 Å². The molecule has 1 aromatic rings. The van der Waals surface area contributed by atoms with Crippen molar-refractivity contribution in [2.24, 2.45) is 0 Å².